The van der Waals surface area contributed by atoms with E-state index < -0.39 is 0 Å². The van der Waals surface area contributed by atoms with Gasteiger partial charge in [0.1, 0.15) is 5.75 Å². The van der Waals surface area contributed by atoms with Crippen LogP contribution >= 0.6 is 15.9 Å². The van der Waals surface area contributed by atoms with Gasteiger partial charge in [-0.15, -0.1) is 0 Å². The van der Waals surface area contributed by atoms with Gasteiger partial charge in [0.05, 0.1) is 11.6 Å². The van der Waals surface area contributed by atoms with Crippen LogP contribution in [0.2, 0.25) is 0 Å². The minimum Gasteiger partial charge on any atom is -0.496 e. The Balaban J connectivity index is 2.98. The third kappa shape index (κ3) is 2.98. The fourth-order valence-corrected chi connectivity index (χ4v) is 2.45. The quantitative estimate of drug-likeness (QED) is 0.889. The molecule has 1 aromatic carbocycles. The molecule has 0 spiro atoms. The van der Waals surface area contributed by atoms with E-state index in [1.807, 2.05) is 13.1 Å². The van der Waals surface area contributed by atoms with Crippen LogP contribution in [-0.4, -0.2) is 14.2 Å². The third-order valence-corrected chi connectivity index (χ3v) is 3.68. The van der Waals surface area contributed by atoms with Gasteiger partial charge in [-0.1, -0.05) is 26.3 Å². The Morgan fingerprint density at radius 3 is 2.56 bits per heavy atom. The summed E-state index contributed by atoms with van der Waals surface area (Å²) in [6.45, 7) is 4.48. The highest BCUT2D eigenvalue weighted by atomic mass is 79.9. The lowest BCUT2D eigenvalue weighted by Crippen LogP contribution is -2.23. The van der Waals surface area contributed by atoms with Crippen LogP contribution in [0.25, 0.3) is 0 Å². The lowest BCUT2D eigenvalue weighted by Gasteiger charge is -2.23. The molecule has 1 N–H and O–H groups in total. The van der Waals surface area contributed by atoms with Gasteiger partial charge in [-0.3, -0.25) is 0 Å². The lowest BCUT2D eigenvalue weighted by molar-refractivity contribution is 0.396. The fraction of sp³-hybridized carbons (Fsp3) is 0.538. The molecule has 0 fully saturated rings. The summed E-state index contributed by atoms with van der Waals surface area (Å²) >= 11 is 3.52. The van der Waals surface area contributed by atoms with Gasteiger partial charge >= 0.3 is 0 Å². The fourth-order valence-electron chi connectivity index (χ4n) is 1.89. The van der Waals surface area contributed by atoms with Crippen molar-refractivity contribution < 1.29 is 4.74 Å². The standard InChI is InChI=1S/C13H20BrNO/c1-5-9(2)13(15-3)10-6-7-12(16-4)11(14)8-10/h6-9,13,15H,5H2,1-4H3. The monoisotopic (exact) mass is 285 g/mol. The molecule has 1 aromatic rings. The van der Waals surface area contributed by atoms with Crippen LogP contribution in [0.5, 0.6) is 5.75 Å². The van der Waals surface area contributed by atoms with Crippen molar-refractivity contribution in [3.63, 3.8) is 0 Å². The first-order valence-corrected chi connectivity index (χ1v) is 6.44. The smallest absolute Gasteiger partial charge is 0.133 e. The predicted molar refractivity (Wildman–Crippen MR) is 71.9 cm³/mol. The summed E-state index contributed by atoms with van der Waals surface area (Å²) in [5.41, 5.74) is 1.30. The summed E-state index contributed by atoms with van der Waals surface area (Å²) < 4.78 is 6.24. The number of halogens is 1. The van der Waals surface area contributed by atoms with Crippen molar-refractivity contribution in [2.75, 3.05) is 14.2 Å². The molecule has 0 saturated heterocycles. The minimum atomic E-state index is 0.396. The number of hydrogen-bond donors (Lipinski definition) is 1. The highest BCUT2D eigenvalue weighted by Crippen LogP contribution is 2.31. The van der Waals surface area contributed by atoms with Gasteiger partial charge in [0.2, 0.25) is 0 Å². The van der Waals surface area contributed by atoms with Crippen molar-refractivity contribution in [1.82, 2.24) is 5.32 Å². The Morgan fingerprint density at radius 2 is 2.12 bits per heavy atom. The van der Waals surface area contributed by atoms with Gasteiger partial charge in [-0.05, 0) is 46.6 Å². The van der Waals surface area contributed by atoms with E-state index >= 15 is 0 Å². The molecule has 0 aliphatic rings. The molecular weight excluding hydrogens is 266 g/mol. The average Bonchev–Trinajstić information content (AvgIpc) is 2.30. The van der Waals surface area contributed by atoms with Crippen LogP contribution in [0.3, 0.4) is 0 Å². The van der Waals surface area contributed by atoms with Crippen molar-refractivity contribution in [1.29, 1.82) is 0 Å². The minimum absolute atomic E-state index is 0.396. The number of methoxy groups -OCH3 is 1. The molecular formula is C13H20BrNO. The normalized spacial score (nSPS) is 14.6. The van der Waals surface area contributed by atoms with Crippen molar-refractivity contribution in [2.24, 2.45) is 5.92 Å². The summed E-state index contributed by atoms with van der Waals surface area (Å²) in [5, 5.41) is 3.37. The molecule has 0 aliphatic carbocycles. The molecule has 2 nitrogen and oxygen atoms in total. The zero-order valence-electron chi connectivity index (χ0n) is 10.4. The molecule has 3 heteroatoms. The Labute approximate surface area is 107 Å². The van der Waals surface area contributed by atoms with Crippen molar-refractivity contribution >= 4 is 15.9 Å². The van der Waals surface area contributed by atoms with E-state index in [2.05, 4.69) is 47.2 Å². The maximum atomic E-state index is 5.23. The first-order chi connectivity index (χ1) is 7.63. The first-order valence-electron chi connectivity index (χ1n) is 5.64. The van der Waals surface area contributed by atoms with Crippen molar-refractivity contribution in [3.8, 4) is 5.75 Å². The Kier molecular flexibility index (Phi) is 5.29. The summed E-state index contributed by atoms with van der Waals surface area (Å²) in [7, 11) is 3.69. The highest BCUT2D eigenvalue weighted by Gasteiger charge is 2.16. The molecule has 16 heavy (non-hydrogen) atoms. The van der Waals surface area contributed by atoms with Crippen LogP contribution in [0.1, 0.15) is 31.9 Å². The Morgan fingerprint density at radius 1 is 1.44 bits per heavy atom. The SMILES string of the molecule is CCC(C)C(NC)c1ccc(OC)c(Br)c1. The van der Waals surface area contributed by atoms with Gasteiger partial charge in [0.15, 0.2) is 0 Å². The second-order valence-electron chi connectivity index (χ2n) is 4.05. The van der Waals surface area contributed by atoms with Crippen LogP contribution in [0, 0.1) is 5.92 Å². The molecule has 1 rings (SSSR count). The molecule has 0 aliphatic heterocycles. The van der Waals surface area contributed by atoms with Crippen LogP contribution in [0.4, 0.5) is 0 Å². The molecule has 2 atom stereocenters. The van der Waals surface area contributed by atoms with E-state index in [1.54, 1.807) is 7.11 Å². The summed E-state index contributed by atoms with van der Waals surface area (Å²) in [6, 6.07) is 6.65. The molecule has 0 bridgehead atoms. The summed E-state index contributed by atoms with van der Waals surface area (Å²) in [5.74, 6) is 1.49. The van der Waals surface area contributed by atoms with E-state index in [9.17, 15) is 0 Å². The number of ether oxygens (including phenoxy) is 1. The molecule has 0 aromatic heterocycles. The maximum absolute atomic E-state index is 5.23. The maximum Gasteiger partial charge on any atom is 0.133 e. The number of rotatable bonds is 5. The molecule has 2 unspecified atom stereocenters. The van der Waals surface area contributed by atoms with E-state index in [1.165, 1.54) is 5.56 Å². The number of hydrogen-bond acceptors (Lipinski definition) is 2. The molecule has 90 valence electrons. The topological polar surface area (TPSA) is 21.3 Å². The van der Waals surface area contributed by atoms with E-state index in [0.717, 1.165) is 16.6 Å². The predicted octanol–water partition coefficient (Wildman–Crippen LogP) is 3.76. The van der Waals surface area contributed by atoms with Gasteiger partial charge in [0, 0.05) is 6.04 Å². The zero-order valence-corrected chi connectivity index (χ0v) is 12.0. The summed E-state index contributed by atoms with van der Waals surface area (Å²) in [6.07, 6.45) is 1.16. The zero-order chi connectivity index (χ0) is 12.1. The molecule has 0 radical (unpaired) electrons. The van der Waals surface area contributed by atoms with Gasteiger partial charge in [-0.25, -0.2) is 0 Å². The first kappa shape index (κ1) is 13.5. The number of benzene rings is 1. The molecule has 0 saturated carbocycles. The van der Waals surface area contributed by atoms with Gasteiger partial charge in [-0.2, -0.15) is 0 Å². The molecule has 0 amide bonds. The van der Waals surface area contributed by atoms with Gasteiger partial charge < -0.3 is 10.1 Å². The van der Waals surface area contributed by atoms with Crippen molar-refractivity contribution in [3.05, 3.63) is 28.2 Å². The lowest BCUT2D eigenvalue weighted by atomic mass is 9.92. The Hall–Kier alpha value is -0.540. The van der Waals surface area contributed by atoms with Crippen LogP contribution in [0.15, 0.2) is 22.7 Å². The van der Waals surface area contributed by atoms with E-state index in [0.29, 0.717) is 12.0 Å². The second-order valence-corrected chi connectivity index (χ2v) is 4.90. The third-order valence-electron chi connectivity index (χ3n) is 3.06. The largest absolute Gasteiger partial charge is 0.496 e. The van der Waals surface area contributed by atoms with Crippen molar-refractivity contribution in [2.45, 2.75) is 26.3 Å². The second kappa shape index (κ2) is 6.26. The highest BCUT2D eigenvalue weighted by molar-refractivity contribution is 9.10. The van der Waals surface area contributed by atoms with Crippen LogP contribution < -0.4 is 10.1 Å². The van der Waals surface area contributed by atoms with Gasteiger partial charge in [0.25, 0.3) is 0 Å². The van der Waals surface area contributed by atoms with E-state index in [4.69, 9.17) is 4.74 Å². The Bertz CT molecular complexity index is 341. The van der Waals surface area contributed by atoms with E-state index in [-0.39, 0.29) is 0 Å². The molecule has 0 heterocycles. The van der Waals surface area contributed by atoms with Crippen LogP contribution in [-0.2, 0) is 0 Å². The summed E-state index contributed by atoms with van der Waals surface area (Å²) in [4.78, 5) is 0. The number of nitrogens with one attached hydrogen (secondary N) is 1. The average molecular weight is 286 g/mol.